The van der Waals surface area contributed by atoms with E-state index in [4.69, 9.17) is 13.9 Å². The number of carbonyl (C=O) groups excluding carboxylic acids is 1. The van der Waals surface area contributed by atoms with Crippen LogP contribution in [0, 0.1) is 0 Å². The van der Waals surface area contributed by atoms with Gasteiger partial charge in [-0.25, -0.2) is 4.79 Å². The van der Waals surface area contributed by atoms with Gasteiger partial charge in [0.2, 0.25) is 0 Å². The average Bonchev–Trinajstić information content (AvgIpc) is 2.81. The molecule has 22 heavy (non-hydrogen) atoms. The van der Waals surface area contributed by atoms with Gasteiger partial charge in [0.15, 0.2) is 4.67 Å². The van der Waals surface area contributed by atoms with E-state index in [9.17, 15) is 4.79 Å². The molecule has 0 saturated carbocycles. The molecule has 7 heteroatoms. The van der Waals surface area contributed by atoms with Crippen LogP contribution in [0.4, 0.5) is 4.79 Å². The highest BCUT2D eigenvalue weighted by molar-refractivity contribution is 9.10. The predicted octanol–water partition coefficient (Wildman–Crippen LogP) is 3.02. The molecule has 1 amide bonds. The van der Waals surface area contributed by atoms with Crippen LogP contribution in [0.1, 0.15) is 26.5 Å². The van der Waals surface area contributed by atoms with E-state index >= 15 is 0 Å². The molecule has 0 aromatic carbocycles. The molecule has 1 heterocycles. The minimum atomic E-state index is -0.504. The fraction of sp³-hybridized carbons (Fsp3) is 0.667. The van der Waals surface area contributed by atoms with E-state index in [1.165, 1.54) is 0 Å². The first-order valence-electron chi connectivity index (χ1n) is 7.23. The van der Waals surface area contributed by atoms with Crippen LogP contribution < -0.4 is 5.32 Å². The molecule has 0 radical (unpaired) electrons. The lowest BCUT2D eigenvalue weighted by Crippen LogP contribution is -2.42. The third kappa shape index (κ3) is 7.82. The van der Waals surface area contributed by atoms with Gasteiger partial charge in [-0.05, 0) is 48.8 Å². The number of halogens is 1. The van der Waals surface area contributed by atoms with E-state index in [0.717, 1.165) is 5.76 Å². The van der Waals surface area contributed by atoms with E-state index in [-0.39, 0.29) is 6.09 Å². The van der Waals surface area contributed by atoms with Gasteiger partial charge in [-0.3, -0.25) is 0 Å². The Kier molecular flexibility index (Phi) is 7.92. The summed E-state index contributed by atoms with van der Waals surface area (Å²) in [6.45, 7) is 8.33. The summed E-state index contributed by atoms with van der Waals surface area (Å²) in [5, 5.41) is 3.23. The van der Waals surface area contributed by atoms with Crippen LogP contribution in [0.25, 0.3) is 0 Å². The maximum atomic E-state index is 12.1. The van der Waals surface area contributed by atoms with Gasteiger partial charge in [0.1, 0.15) is 11.4 Å². The Morgan fingerprint density at radius 3 is 2.64 bits per heavy atom. The van der Waals surface area contributed by atoms with Crippen molar-refractivity contribution < 1.29 is 18.7 Å². The Bertz CT molecular complexity index is 457. The number of methoxy groups -OCH3 is 1. The summed E-state index contributed by atoms with van der Waals surface area (Å²) in [6, 6.07) is 3.75. The van der Waals surface area contributed by atoms with Crippen molar-refractivity contribution in [3.63, 3.8) is 0 Å². The van der Waals surface area contributed by atoms with Crippen LogP contribution in [-0.4, -0.2) is 49.9 Å². The molecule has 0 bridgehead atoms. The van der Waals surface area contributed by atoms with Crippen molar-refractivity contribution in [2.75, 3.05) is 33.4 Å². The second-order valence-corrected chi connectivity index (χ2v) is 6.62. The summed E-state index contributed by atoms with van der Waals surface area (Å²) in [7, 11) is 1.61. The Morgan fingerprint density at radius 1 is 1.36 bits per heavy atom. The number of nitrogens with zero attached hydrogens (tertiary/aromatic N) is 1. The number of hydrogen-bond donors (Lipinski definition) is 1. The van der Waals surface area contributed by atoms with Crippen LogP contribution in [0.15, 0.2) is 21.2 Å². The summed E-state index contributed by atoms with van der Waals surface area (Å²) in [5.41, 5.74) is -0.504. The molecule has 126 valence electrons. The van der Waals surface area contributed by atoms with Crippen LogP contribution >= 0.6 is 15.9 Å². The van der Waals surface area contributed by atoms with Gasteiger partial charge < -0.3 is 24.1 Å². The largest absolute Gasteiger partial charge is 0.453 e. The summed E-state index contributed by atoms with van der Waals surface area (Å²) in [4.78, 5) is 13.8. The van der Waals surface area contributed by atoms with Gasteiger partial charge in [-0.1, -0.05) is 0 Å². The SMILES string of the molecule is COCCN(CCNCc1ccc(Br)o1)C(=O)OC(C)(C)C. The third-order valence-corrected chi connectivity index (χ3v) is 3.13. The van der Waals surface area contributed by atoms with Crippen molar-refractivity contribution in [2.45, 2.75) is 32.9 Å². The molecule has 0 fully saturated rings. The molecule has 6 nitrogen and oxygen atoms in total. The average molecular weight is 377 g/mol. The quantitative estimate of drug-likeness (QED) is 0.706. The van der Waals surface area contributed by atoms with Crippen molar-refractivity contribution in [3.8, 4) is 0 Å². The first kappa shape index (κ1) is 19.0. The lowest BCUT2D eigenvalue weighted by molar-refractivity contribution is 0.0204. The van der Waals surface area contributed by atoms with Gasteiger partial charge >= 0.3 is 6.09 Å². The first-order valence-corrected chi connectivity index (χ1v) is 8.03. The standard InChI is InChI=1S/C15H25BrN2O4/c1-15(2,3)22-14(19)18(9-10-20-4)8-7-17-11-12-5-6-13(16)21-12/h5-6,17H,7-11H2,1-4H3. The lowest BCUT2D eigenvalue weighted by atomic mass is 10.2. The molecule has 0 aliphatic carbocycles. The van der Waals surface area contributed by atoms with Crippen LogP contribution in [-0.2, 0) is 16.0 Å². The van der Waals surface area contributed by atoms with Gasteiger partial charge in [-0.2, -0.15) is 0 Å². The zero-order valence-electron chi connectivity index (χ0n) is 13.6. The van der Waals surface area contributed by atoms with Crippen molar-refractivity contribution in [1.29, 1.82) is 0 Å². The van der Waals surface area contributed by atoms with Crippen molar-refractivity contribution in [1.82, 2.24) is 10.2 Å². The zero-order valence-corrected chi connectivity index (χ0v) is 15.2. The second-order valence-electron chi connectivity index (χ2n) is 5.84. The molecular weight excluding hydrogens is 352 g/mol. The highest BCUT2D eigenvalue weighted by Crippen LogP contribution is 2.13. The van der Waals surface area contributed by atoms with E-state index in [1.54, 1.807) is 12.0 Å². The minimum absolute atomic E-state index is 0.327. The lowest BCUT2D eigenvalue weighted by Gasteiger charge is -2.27. The van der Waals surface area contributed by atoms with Crippen molar-refractivity contribution >= 4 is 22.0 Å². The van der Waals surface area contributed by atoms with Gasteiger partial charge in [-0.15, -0.1) is 0 Å². The molecular formula is C15H25BrN2O4. The molecule has 0 spiro atoms. The highest BCUT2D eigenvalue weighted by Gasteiger charge is 2.21. The van der Waals surface area contributed by atoms with E-state index < -0.39 is 5.60 Å². The smallest absolute Gasteiger partial charge is 0.410 e. The number of rotatable bonds is 8. The summed E-state index contributed by atoms with van der Waals surface area (Å²) in [5.74, 6) is 0.840. The minimum Gasteiger partial charge on any atom is -0.453 e. The Labute approximate surface area is 140 Å². The number of ether oxygens (including phenoxy) is 2. The number of carbonyl (C=O) groups is 1. The summed E-state index contributed by atoms with van der Waals surface area (Å²) in [6.07, 6.45) is -0.327. The zero-order chi connectivity index (χ0) is 16.6. The molecule has 0 atom stereocenters. The Balaban J connectivity index is 2.38. The molecule has 1 N–H and O–H groups in total. The number of amides is 1. The fourth-order valence-electron chi connectivity index (χ4n) is 1.69. The molecule has 0 aliphatic heterocycles. The Hall–Kier alpha value is -1.05. The Morgan fingerprint density at radius 2 is 2.09 bits per heavy atom. The van der Waals surface area contributed by atoms with Crippen LogP contribution in [0.2, 0.25) is 0 Å². The normalized spacial score (nSPS) is 11.5. The maximum Gasteiger partial charge on any atom is 0.410 e. The van der Waals surface area contributed by atoms with Gasteiger partial charge in [0.25, 0.3) is 0 Å². The fourth-order valence-corrected chi connectivity index (χ4v) is 2.03. The molecule has 1 aromatic heterocycles. The van der Waals surface area contributed by atoms with Crippen molar-refractivity contribution in [2.24, 2.45) is 0 Å². The predicted molar refractivity (Wildman–Crippen MR) is 87.8 cm³/mol. The maximum absolute atomic E-state index is 12.1. The van der Waals surface area contributed by atoms with Crippen LogP contribution in [0.3, 0.4) is 0 Å². The van der Waals surface area contributed by atoms with E-state index in [1.807, 2.05) is 32.9 Å². The molecule has 0 unspecified atom stereocenters. The molecule has 1 aromatic rings. The highest BCUT2D eigenvalue weighted by atomic mass is 79.9. The number of nitrogens with one attached hydrogen (secondary N) is 1. The number of furan rings is 1. The molecule has 0 saturated heterocycles. The summed E-state index contributed by atoms with van der Waals surface area (Å²) < 4.78 is 16.5. The van der Waals surface area contributed by atoms with E-state index in [0.29, 0.717) is 37.5 Å². The van der Waals surface area contributed by atoms with E-state index in [2.05, 4.69) is 21.2 Å². The number of hydrogen-bond acceptors (Lipinski definition) is 5. The first-order chi connectivity index (χ1) is 10.3. The molecule has 0 aliphatic rings. The molecule has 1 rings (SSSR count). The third-order valence-electron chi connectivity index (χ3n) is 2.70. The monoisotopic (exact) mass is 376 g/mol. The van der Waals surface area contributed by atoms with Crippen LogP contribution in [0.5, 0.6) is 0 Å². The van der Waals surface area contributed by atoms with Crippen molar-refractivity contribution in [3.05, 3.63) is 22.6 Å². The van der Waals surface area contributed by atoms with Gasteiger partial charge in [0.05, 0.1) is 13.2 Å². The topological polar surface area (TPSA) is 63.9 Å². The summed E-state index contributed by atoms with van der Waals surface area (Å²) >= 11 is 3.26. The second kappa shape index (κ2) is 9.17. The van der Waals surface area contributed by atoms with Gasteiger partial charge in [0, 0.05) is 26.7 Å².